The van der Waals surface area contributed by atoms with Gasteiger partial charge in [0.15, 0.2) is 0 Å². The number of allylic oxidation sites excluding steroid dienone is 1. The van der Waals surface area contributed by atoms with Crippen molar-refractivity contribution in [3.8, 4) is 0 Å². The first kappa shape index (κ1) is 18.7. The van der Waals surface area contributed by atoms with Gasteiger partial charge >= 0.3 is 0 Å². The van der Waals surface area contributed by atoms with E-state index >= 15 is 0 Å². The SMILES string of the molecule is C=C(C)CCC(CCCCCCCCC)NCCC. The molecular weight excluding hydrogens is 230 g/mol. The molecule has 1 atom stereocenters. The third kappa shape index (κ3) is 13.9. The van der Waals surface area contributed by atoms with Crippen LogP contribution in [0.15, 0.2) is 12.2 Å². The van der Waals surface area contributed by atoms with Crippen LogP contribution in [0.3, 0.4) is 0 Å². The summed E-state index contributed by atoms with van der Waals surface area (Å²) in [4.78, 5) is 0. The van der Waals surface area contributed by atoms with Gasteiger partial charge in [-0.25, -0.2) is 0 Å². The molecule has 1 heteroatoms. The Labute approximate surface area is 122 Å². The fourth-order valence-electron chi connectivity index (χ4n) is 2.47. The molecule has 0 spiro atoms. The highest BCUT2D eigenvalue weighted by atomic mass is 14.9. The molecular formula is C18H37N. The topological polar surface area (TPSA) is 12.0 Å². The quantitative estimate of drug-likeness (QED) is 0.307. The first-order chi connectivity index (χ1) is 9.20. The van der Waals surface area contributed by atoms with Crippen LogP contribution in [0, 0.1) is 0 Å². The molecule has 0 aliphatic rings. The van der Waals surface area contributed by atoms with Gasteiger partial charge in [-0.2, -0.15) is 0 Å². The molecule has 0 fully saturated rings. The van der Waals surface area contributed by atoms with Crippen LogP contribution >= 0.6 is 0 Å². The third-order valence-corrected chi connectivity index (χ3v) is 3.76. The Morgan fingerprint density at radius 1 is 0.895 bits per heavy atom. The molecule has 114 valence electrons. The summed E-state index contributed by atoms with van der Waals surface area (Å²) in [6, 6.07) is 0.715. The second-order valence-electron chi connectivity index (χ2n) is 6.06. The second kappa shape index (κ2) is 14.1. The van der Waals surface area contributed by atoms with Crippen molar-refractivity contribution in [3.05, 3.63) is 12.2 Å². The second-order valence-corrected chi connectivity index (χ2v) is 6.06. The zero-order valence-corrected chi connectivity index (χ0v) is 13.8. The molecule has 0 radical (unpaired) electrons. The van der Waals surface area contributed by atoms with E-state index in [2.05, 4.69) is 32.7 Å². The molecule has 0 aromatic rings. The van der Waals surface area contributed by atoms with Crippen molar-refractivity contribution < 1.29 is 0 Å². The van der Waals surface area contributed by atoms with Crippen LogP contribution in [0.4, 0.5) is 0 Å². The van der Waals surface area contributed by atoms with Gasteiger partial charge in [0.25, 0.3) is 0 Å². The van der Waals surface area contributed by atoms with Gasteiger partial charge in [-0.05, 0) is 39.2 Å². The summed E-state index contributed by atoms with van der Waals surface area (Å²) in [5.74, 6) is 0. The Balaban J connectivity index is 3.57. The van der Waals surface area contributed by atoms with Gasteiger partial charge in [-0.1, -0.05) is 64.4 Å². The highest BCUT2D eigenvalue weighted by Gasteiger charge is 2.07. The predicted molar refractivity (Wildman–Crippen MR) is 88.7 cm³/mol. The minimum absolute atomic E-state index is 0.715. The van der Waals surface area contributed by atoms with E-state index in [-0.39, 0.29) is 0 Å². The summed E-state index contributed by atoms with van der Waals surface area (Å²) in [5, 5.41) is 3.69. The Morgan fingerprint density at radius 2 is 1.53 bits per heavy atom. The molecule has 0 saturated heterocycles. The maximum absolute atomic E-state index is 4.02. The number of hydrogen-bond acceptors (Lipinski definition) is 1. The number of unbranched alkanes of at least 4 members (excludes halogenated alkanes) is 6. The molecule has 0 rings (SSSR count). The lowest BCUT2D eigenvalue weighted by Crippen LogP contribution is -2.29. The summed E-state index contributed by atoms with van der Waals surface area (Å²) in [7, 11) is 0. The number of nitrogens with one attached hydrogen (secondary N) is 1. The zero-order valence-electron chi connectivity index (χ0n) is 13.8. The summed E-state index contributed by atoms with van der Waals surface area (Å²) < 4.78 is 0. The number of hydrogen-bond donors (Lipinski definition) is 1. The predicted octanol–water partition coefficient (Wildman–Crippen LogP) is 5.85. The fourth-order valence-corrected chi connectivity index (χ4v) is 2.47. The summed E-state index contributed by atoms with van der Waals surface area (Å²) >= 11 is 0. The summed E-state index contributed by atoms with van der Waals surface area (Å²) in [6.45, 7) is 11.9. The molecule has 1 N–H and O–H groups in total. The largest absolute Gasteiger partial charge is 0.314 e. The van der Waals surface area contributed by atoms with Crippen molar-refractivity contribution >= 4 is 0 Å². The standard InChI is InChI=1S/C18H37N/c1-5-7-8-9-10-11-12-13-18(19-16-6-2)15-14-17(3)4/h18-19H,3,5-16H2,1-2,4H3. The molecule has 0 bridgehead atoms. The minimum Gasteiger partial charge on any atom is -0.314 e. The van der Waals surface area contributed by atoms with Gasteiger partial charge < -0.3 is 5.32 Å². The monoisotopic (exact) mass is 267 g/mol. The molecule has 0 aromatic heterocycles. The highest BCUT2D eigenvalue weighted by molar-refractivity contribution is 4.89. The van der Waals surface area contributed by atoms with E-state index in [9.17, 15) is 0 Å². The van der Waals surface area contributed by atoms with Crippen LogP contribution in [0.5, 0.6) is 0 Å². The summed E-state index contributed by atoms with van der Waals surface area (Å²) in [5.41, 5.74) is 1.32. The fraction of sp³-hybridized carbons (Fsp3) is 0.889. The Morgan fingerprint density at radius 3 is 2.11 bits per heavy atom. The van der Waals surface area contributed by atoms with E-state index < -0.39 is 0 Å². The van der Waals surface area contributed by atoms with Crippen molar-refractivity contribution in [1.29, 1.82) is 0 Å². The van der Waals surface area contributed by atoms with Crippen molar-refractivity contribution in [2.24, 2.45) is 0 Å². The summed E-state index contributed by atoms with van der Waals surface area (Å²) in [6.07, 6.45) is 14.9. The first-order valence-electron chi connectivity index (χ1n) is 8.58. The van der Waals surface area contributed by atoms with E-state index in [1.807, 2.05) is 0 Å². The Bertz CT molecular complexity index is 198. The van der Waals surface area contributed by atoms with Crippen molar-refractivity contribution in [2.45, 2.75) is 97.4 Å². The van der Waals surface area contributed by atoms with Crippen LogP contribution in [0.25, 0.3) is 0 Å². The normalized spacial score (nSPS) is 12.6. The maximum Gasteiger partial charge on any atom is 0.00701 e. The molecule has 1 nitrogen and oxygen atoms in total. The van der Waals surface area contributed by atoms with E-state index in [0.29, 0.717) is 6.04 Å². The van der Waals surface area contributed by atoms with Gasteiger partial charge in [0, 0.05) is 6.04 Å². The van der Waals surface area contributed by atoms with E-state index in [0.717, 1.165) is 6.54 Å². The Kier molecular flexibility index (Phi) is 13.9. The first-order valence-corrected chi connectivity index (χ1v) is 8.58. The van der Waals surface area contributed by atoms with Crippen molar-refractivity contribution in [1.82, 2.24) is 5.32 Å². The van der Waals surface area contributed by atoms with Crippen LogP contribution in [-0.2, 0) is 0 Å². The molecule has 19 heavy (non-hydrogen) atoms. The maximum atomic E-state index is 4.02. The lowest BCUT2D eigenvalue weighted by atomic mass is 10.0. The van der Waals surface area contributed by atoms with Crippen LogP contribution in [-0.4, -0.2) is 12.6 Å². The molecule has 0 amide bonds. The average Bonchev–Trinajstić information content (AvgIpc) is 2.39. The van der Waals surface area contributed by atoms with Crippen molar-refractivity contribution in [2.75, 3.05) is 6.54 Å². The number of rotatable bonds is 14. The van der Waals surface area contributed by atoms with Crippen molar-refractivity contribution in [3.63, 3.8) is 0 Å². The molecule has 0 heterocycles. The third-order valence-electron chi connectivity index (χ3n) is 3.76. The molecule has 0 aromatic carbocycles. The van der Waals surface area contributed by atoms with Gasteiger partial charge in [0.05, 0.1) is 0 Å². The van der Waals surface area contributed by atoms with Crippen LogP contribution in [0.1, 0.15) is 91.4 Å². The lowest BCUT2D eigenvalue weighted by Gasteiger charge is -2.18. The van der Waals surface area contributed by atoms with Crippen LogP contribution < -0.4 is 5.32 Å². The zero-order chi connectivity index (χ0) is 14.3. The van der Waals surface area contributed by atoms with E-state index in [1.165, 1.54) is 76.2 Å². The Hall–Kier alpha value is -0.300. The minimum atomic E-state index is 0.715. The molecule has 1 unspecified atom stereocenters. The average molecular weight is 268 g/mol. The molecule has 0 aliphatic carbocycles. The van der Waals surface area contributed by atoms with Gasteiger partial charge in [-0.3, -0.25) is 0 Å². The lowest BCUT2D eigenvalue weighted by molar-refractivity contribution is 0.429. The highest BCUT2D eigenvalue weighted by Crippen LogP contribution is 2.13. The van der Waals surface area contributed by atoms with E-state index in [1.54, 1.807) is 0 Å². The van der Waals surface area contributed by atoms with Gasteiger partial charge in [0.1, 0.15) is 0 Å². The van der Waals surface area contributed by atoms with Gasteiger partial charge in [-0.15, -0.1) is 6.58 Å². The molecule has 0 aliphatic heterocycles. The van der Waals surface area contributed by atoms with Crippen LogP contribution in [0.2, 0.25) is 0 Å². The smallest absolute Gasteiger partial charge is 0.00701 e. The molecule has 0 saturated carbocycles. The van der Waals surface area contributed by atoms with E-state index in [4.69, 9.17) is 0 Å². The van der Waals surface area contributed by atoms with Gasteiger partial charge in [0.2, 0.25) is 0 Å².